The summed E-state index contributed by atoms with van der Waals surface area (Å²) in [6.07, 6.45) is 3.31. The lowest BCUT2D eigenvalue weighted by Crippen LogP contribution is -2.35. The molecule has 1 aromatic rings. The molecule has 1 aromatic heterocycles. The minimum absolute atomic E-state index is 0.378. The lowest BCUT2D eigenvalue weighted by molar-refractivity contribution is -0.905. The number of hydrogen-bond donors (Lipinski definition) is 2. The molecule has 0 radical (unpaired) electrons. The van der Waals surface area contributed by atoms with E-state index in [4.69, 9.17) is 0 Å². The number of pyridine rings is 1. The Kier molecular flexibility index (Phi) is 4.97. The average Bonchev–Trinajstić information content (AvgIpc) is 2.26. The predicted molar refractivity (Wildman–Crippen MR) is 67.6 cm³/mol. The maximum absolute atomic E-state index is 9.37. The molecule has 2 N–H and O–H groups in total. The maximum Gasteiger partial charge on any atom is 0.227 e. The fourth-order valence-electron chi connectivity index (χ4n) is 1.77. The van der Waals surface area contributed by atoms with Gasteiger partial charge >= 0.3 is 0 Å². The third kappa shape index (κ3) is 4.07. The molecule has 1 rings (SSSR count). The van der Waals surface area contributed by atoms with E-state index in [9.17, 15) is 5.21 Å². The van der Waals surface area contributed by atoms with Crippen LogP contribution in [-0.2, 0) is 6.54 Å². The summed E-state index contributed by atoms with van der Waals surface area (Å²) in [4.78, 5) is 2.21. The Hall–Kier alpha value is -1.55. The SMILES string of the molecule is C=C(CNC)N(Cc1ccc[n+](O)c1)C(C)C. The van der Waals surface area contributed by atoms with Crippen molar-refractivity contribution in [3.8, 4) is 0 Å². The molecule has 4 nitrogen and oxygen atoms in total. The molecule has 0 saturated heterocycles. The van der Waals surface area contributed by atoms with E-state index in [0.717, 1.165) is 29.1 Å². The fourth-order valence-corrected chi connectivity index (χ4v) is 1.77. The second-order valence-electron chi connectivity index (χ2n) is 4.41. The molecule has 0 amide bonds. The van der Waals surface area contributed by atoms with Gasteiger partial charge in [0.25, 0.3) is 0 Å². The third-order valence-corrected chi connectivity index (χ3v) is 2.61. The molecule has 0 fully saturated rings. The molecule has 0 aromatic carbocycles. The summed E-state index contributed by atoms with van der Waals surface area (Å²) in [7, 11) is 1.91. The maximum atomic E-state index is 9.37. The second kappa shape index (κ2) is 6.25. The zero-order valence-corrected chi connectivity index (χ0v) is 10.8. The summed E-state index contributed by atoms with van der Waals surface area (Å²) in [6, 6.07) is 4.20. The molecule has 0 unspecified atom stereocenters. The lowest BCUT2D eigenvalue weighted by atomic mass is 10.2. The van der Waals surface area contributed by atoms with Crippen LogP contribution in [0.3, 0.4) is 0 Å². The Labute approximate surface area is 103 Å². The number of likely N-dealkylation sites (N-methyl/N-ethyl adjacent to an activating group) is 1. The summed E-state index contributed by atoms with van der Waals surface area (Å²) in [5.41, 5.74) is 2.11. The fraction of sp³-hybridized carbons (Fsp3) is 0.462. The Morgan fingerprint density at radius 2 is 2.29 bits per heavy atom. The molecule has 94 valence electrons. The van der Waals surface area contributed by atoms with Crippen LogP contribution in [0.1, 0.15) is 19.4 Å². The van der Waals surface area contributed by atoms with Gasteiger partial charge in [-0.2, -0.15) is 0 Å². The van der Waals surface area contributed by atoms with Crippen molar-refractivity contribution in [2.45, 2.75) is 26.4 Å². The number of aromatic nitrogens is 1. The highest BCUT2D eigenvalue weighted by molar-refractivity contribution is 5.09. The molecule has 0 aliphatic heterocycles. The van der Waals surface area contributed by atoms with Gasteiger partial charge in [-0.3, -0.25) is 5.21 Å². The van der Waals surface area contributed by atoms with Gasteiger partial charge in [-0.05, 0) is 27.0 Å². The minimum atomic E-state index is 0.378. The molecular formula is C13H22N3O+. The van der Waals surface area contributed by atoms with Crippen molar-refractivity contribution in [1.82, 2.24) is 10.2 Å². The van der Waals surface area contributed by atoms with Gasteiger partial charge in [0.05, 0.1) is 0 Å². The van der Waals surface area contributed by atoms with Gasteiger partial charge in [0.2, 0.25) is 12.4 Å². The van der Waals surface area contributed by atoms with Crippen LogP contribution in [-0.4, -0.2) is 29.7 Å². The van der Waals surface area contributed by atoms with Crippen molar-refractivity contribution in [3.05, 3.63) is 42.4 Å². The van der Waals surface area contributed by atoms with Crippen molar-refractivity contribution in [2.75, 3.05) is 13.6 Å². The van der Waals surface area contributed by atoms with Gasteiger partial charge in [-0.15, -0.1) is 0 Å². The third-order valence-electron chi connectivity index (χ3n) is 2.61. The molecule has 0 saturated carbocycles. The van der Waals surface area contributed by atoms with Gasteiger partial charge < -0.3 is 10.2 Å². The van der Waals surface area contributed by atoms with Crippen LogP contribution in [0.15, 0.2) is 36.8 Å². The van der Waals surface area contributed by atoms with Crippen LogP contribution in [0.5, 0.6) is 0 Å². The Morgan fingerprint density at radius 3 is 2.82 bits per heavy atom. The first-order valence-corrected chi connectivity index (χ1v) is 5.83. The summed E-state index contributed by atoms with van der Waals surface area (Å²) in [6.45, 7) is 9.87. The van der Waals surface area contributed by atoms with E-state index >= 15 is 0 Å². The standard InChI is InChI=1S/C13H22N3O/c1-11(2)16(12(3)8-14-4)10-13-6-5-7-15(17)9-13/h5-7,9,11,14,17H,3,8,10H2,1-2,4H3/q+1. The Bertz CT molecular complexity index is 377. The zero-order valence-electron chi connectivity index (χ0n) is 10.8. The topological polar surface area (TPSA) is 39.4 Å². The molecule has 0 spiro atoms. The smallest absolute Gasteiger partial charge is 0.227 e. The van der Waals surface area contributed by atoms with Gasteiger partial charge in [0.15, 0.2) is 0 Å². The average molecular weight is 236 g/mol. The van der Waals surface area contributed by atoms with Gasteiger partial charge in [-0.1, -0.05) is 6.58 Å². The molecule has 0 atom stereocenters. The van der Waals surface area contributed by atoms with Gasteiger partial charge in [0.1, 0.15) is 0 Å². The summed E-state index contributed by atoms with van der Waals surface area (Å²) >= 11 is 0. The highest BCUT2D eigenvalue weighted by Gasteiger charge is 2.13. The Balaban J connectivity index is 2.76. The number of rotatable bonds is 6. The molecule has 4 heteroatoms. The van der Waals surface area contributed by atoms with Crippen LogP contribution >= 0.6 is 0 Å². The summed E-state index contributed by atoms with van der Waals surface area (Å²) < 4.78 is 1.08. The van der Waals surface area contributed by atoms with Crippen LogP contribution in [0.2, 0.25) is 0 Å². The normalized spacial score (nSPS) is 10.6. The highest BCUT2D eigenvalue weighted by Crippen LogP contribution is 2.12. The summed E-state index contributed by atoms with van der Waals surface area (Å²) in [5, 5.41) is 12.5. The van der Waals surface area contributed by atoms with E-state index in [1.807, 2.05) is 19.2 Å². The van der Waals surface area contributed by atoms with Crippen LogP contribution in [0.25, 0.3) is 0 Å². The largest absolute Gasteiger partial charge is 0.367 e. The molecule has 0 aliphatic rings. The number of nitrogens with zero attached hydrogens (tertiary/aromatic N) is 2. The summed E-state index contributed by atoms with van der Waals surface area (Å²) in [5.74, 6) is 0. The van der Waals surface area contributed by atoms with Crippen molar-refractivity contribution in [1.29, 1.82) is 0 Å². The van der Waals surface area contributed by atoms with Crippen molar-refractivity contribution in [2.24, 2.45) is 0 Å². The molecule has 0 bridgehead atoms. The van der Waals surface area contributed by atoms with Crippen LogP contribution in [0, 0.1) is 0 Å². The first kappa shape index (κ1) is 13.5. The molecule has 17 heavy (non-hydrogen) atoms. The predicted octanol–water partition coefficient (Wildman–Crippen LogP) is 1.15. The molecule has 0 aliphatic carbocycles. The van der Waals surface area contributed by atoms with E-state index in [0.29, 0.717) is 6.04 Å². The van der Waals surface area contributed by atoms with Crippen LogP contribution < -0.4 is 10.0 Å². The minimum Gasteiger partial charge on any atom is -0.367 e. The van der Waals surface area contributed by atoms with Gasteiger partial charge in [0, 0.05) is 41.2 Å². The van der Waals surface area contributed by atoms with Crippen molar-refractivity contribution < 1.29 is 9.94 Å². The Morgan fingerprint density at radius 1 is 1.59 bits per heavy atom. The van der Waals surface area contributed by atoms with Crippen molar-refractivity contribution >= 4 is 0 Å². The van der Waals surface area contributed by atoms with E-state index in [-0.39, 0.29) is 0 Å². The number of nitrogens with one attached hydrogen (secondary N) is 1. The van der Waals surface area contributed by atoms with Crippen molar-refractivity contribution in [3.63, 3.8) is 0 Å². The van der Waals surface area contributed by atoms with E-state index in [1.165, 1.54) is 0 Å². The second-order valence-corrected chi connectivity index (χ2v) is 4.41. The lowest BCUT2D eigenvalue weighted by Gasteiger charge is -2.30. The monoisotopic (exact) mass is 236 g/mol. The quantitative estimate of drug-likeness (QED) is 0.575. The van der Waals surface area contributed by atoms with Crippen LogP contribution in [0.4, 0.5) is 0 Å². The van der Waals surface area contributed by atoms with E-state index < -0.39 is 0 Å². The van der Waals surface area contributed by atoms with Gasteiger partial charge in [-0.25, -0.2) is 0 Å². The molecule has 1 heterocycles. The first-order chi connectivity index (χ1) is 8.04. The highest BCUT2D eigenvalue weighted by atomic mass is 16.5. The first-order valence-electron chi connectivity index (χ1n) is 5.83. The molecular weight excluding hydrogens is 214 g/mol. The number of hydrogen-bond acceptors (Lipinski definition) is 3. The van der Waals surface area contributed by atoms with E-state index in [2.05, 4.69) is 30.6 Å². The van der Waals surface area contributed by atoms with E-state index in [1.54, 1.807) is 12.4 Å². The zero-order chi connectivity index (χ0) is 12.8.